The first-order valence-corrected chi connectivity index (χ1v) is 22.5. The maximum Gasteiger partial charge on any atom is 0.481 e. The van der Waals surface area contributed by atoms with Gasteiger partial charge in [0.05, 0.1) is 30.2 Å². The van der Waals surface area contributed by atoms with Crippen LogP contribution in [0.1, 0.15) is 116 Å². The first-order valence-electron chi connectivity index (χ1n) is 22.5. The SMILES string of the molecule is CCCCc1ccc(-c2ccc(C(=O)N[C@@H](CCCCN)C(=O)N[C@H](C(=O)N[C@@H](C)C(=O)N[C@@H](CC(N)=O)C(=O)N[C@@H](C)B3OC4C[C@@H]5C[C@@H](C5(C)C)[C@]4(C)O3)C(C)O)cc2)cc1. The average molecular weight is 874 g/mol. The topological polar surface area (TPSA) is 253 Å². The fourth-order valence-corrected chi connectivity index (χ4v) is 9.30. The van der Waals surface area contributed by atoms with Crippen molar-refractivity contribution in [2.75, 3.05) is 6.54 Å². The Morgan fingerprint density at radius 1 is 0.794 bits per heavy atom. The molecule has 17 heteroatoms. The maximum absolute atomic E-state index is 13.7. The van der Waals surface area contributed by atoms with Crippen molar-refractivity contribution < 1.29 is 43.2 Å². The molecule has 3 aliphatic carbocycles. The van der Waals surface area contributed by atoms with Gasteiger partial charge in [0, 0.05) is 5.56 Å². The van der Waals surface area contributed by atoms with E-state index in [-0.39, 0.29) is 17.9 Å². The summed E-state index contributed by atoms with van der Waals surface area (Å²) < 4.78 is 12.7. The molecular weight excluding hydrogens is 805 g/mol. The van der Waals surface area contributed by atoms with Gasteiger partial charge in [0.15, 0.2) is 0 Å². The maximum atomic E-state index is 13.7. The van der Waals surface area contributed by atoms with Gasteiger partial charge in [-0.2, -0.15) is 0 Å². The smallest absolute Gasteiger partial charge is 0.404 e. The molecule has 3 saturated carbocycles. The number of rotatable bonds is 22. The van der Waals surface area contributed by atoms with Crippen molar-refractivity contribution in [2.45, 2.75) is 154 Å². The van der Waals surface area contributed by atoms with E-state index in [0.717, 1.165) is 43.2 Å². The summed E-state index contributed by atoms with van der Waals surface area (Å²) in [4.78, 5) is 79.5. The Morgan fingerprint density at radius 3 is 2.02 bits per heavy atom. The number of benzene rings is 2. The molecule has 344 valence electrons. The van der Waals surface area contributed by atoms with E-state index in [0.29, 0.717) is 36.8 Å². The molecule has 6 rings (SSSR count). The van der Waals surface area contributed by atoms with Crippen molar-refractivity contribution in [2.24, 2.45) is 28.7 Å². The van der Waals surface area contributed by atoms with E-state index in [2.05, 4.69) is 78.5 Å². The number of primary amides is 1. The molecule has 0 radical (unpaired) electrons. The van der Waals surface area contributed by atoms with Gasteiger partial charge in [-0.3, -0.25) is 28.8 Å². The molecule has 10 N–H and O–H groups in total. The predicted molar refractivity (Wildman–Crippen MR) is 239 cm³/mol. The summed E-state index contributed by atoms with van der Waals surface area (Å²) in [7, 11) is -0.751. The second-order valence-corrected chi connectivity index (χ2v) is 18.5. The van der Waals surface area contributed by atoms with Crippen molar-refractivity contribution in [3.8, 4) is 11.1 Å². The zero-order valence-corrected chi connectivity index (χ0v) is 37.8. The van der Waals surface area contributed by atoms with Crippen molar-refractivity contribution in [3.63, 3.8) is 0 Å². The molecule has 1 saturated heterocycles. The highest BCUT2D eigenvalue weighted by Gasteiger charge is 2.68. The Morgan fingerprint density at radius 2 is 1.43 bits per heavy atom. The number of hydrogen-bond acceptors (Lipinski definition) is 10. The molecule has 1 heterocycles. The highest BCUT2D eigenvalue weighted by atomic mass is 16.7. The van der Waals surface area contributed by atoms with Gasteiger partial charge in [-0.25, -0.2) is 0 Å². The highest BCUT2D eigenvalue weighted by molar-refractivity contribution is 6.47. The van der Waals surface area contributed by atoms with Crippen molar-refractivity contribution in [3.05, 3.63) is 59.7 Å². The number of aliphatic hydroxyl groups is 1. The van der Waals surface area contributed by atoms with Crippen LogP contribution in [0.5, 0.6) is 0 Å². The number of aliphatic hydroxyl groups excluding tert-OH is 1. The third-order valence-electron chi connectivity index (χ3n) is 13.4. The quantitative estimate of drug-likeness (QED) is 0.0634. The van der Waals surface area contributed by atoms with Crippen LogP contribution < -0.4 is 38.1 Å². The number of nitrogens with one attached hydrogen (secondary N) is 5. The van der Waals surface area contributed by atoms with E-state index in [4.69, 9.17) is 20.8 Å². The number of aryl methyl sites for hydroxylation is 1. The highest BCUT2D eigenvalue weighted by Crippen LogP contribution is 2.65. The number of amides is 6. The second-order valence-electron chi connectivity index (χ2n) is 18.5. The van der Waals surface area contributed by atoms with Crippen LogP contribution in [0.25, 0.3) is 11.1 Å². The molecule has 2 aromatic rings. The molecule has 10 atom stereocenters. The van der Waals surface area contributed by atoms with Gasteiger partial charge in [0.25, 0.3) is 5.91 Å². The number of unbranched alkanes of at least 4 members (excludes halogenated alkanes) is 2. The molecule has 16 nitrogen and oxygen atoms in total. The molecular formula is C46H68BN7O9. The number of nitrogens with two attached hydrogens (primary N) is 2. The van der Waals surface area contributed by atoms with Crippen LogP contribution in [0.15, 0.2) is 48.5 Å². The Hall–Kier alpha value is -4.84. The summed E-state index contributed by atoms with van der Waals surface area (Å²) in [5, 5.41) is 23.7. The summed E-state index contributed by atoms with van der Waals surface area (Å²) >= 11 is 0. The third-order valence-corrected chi connectivity index (χ3v) is 13.4. The third kappa shape index (κ3) is 11.8. The van der Waals surface area contributed by atoms with Crippen LogP contribution in [0, 0.1) is 17.3 Å². The Balaban J connectivity index is 1.16. The zero-order chi connectivity index (χ0) is 46.2. The van der Waals surface area contributed by atoms with E-state index in [1.807, 2.05) is 12.1 Å². The molecule has 4 fully saturated rings. The minimum Gasteiger partial charge on any atom is -0.404 e. The number of carbonyl (C=O) groups is 6. The van der Waals surface area contributed by atoms with Crippen LogP contribution in [0.3, 0.4) is 0 Å². The van der Waals surface area contributed by atoms with Gasteiger partial charge in [-0.1, -0.05) is 63.6 Å². The first kappa shape index (κ1) is 49.2. The monoisotopic (exact) mass is 874 g/mol. The standard InChI is InChI=1S/C46H68BN7O9/c1-8-9-12-29-14-16-30(17-15-29)31-18-20-32(21-19-31)41(58)52-34(13-10-11-22-48)42(59)54-39(27(3)55)44(61)50-26(2)40(57)53-35(25-38(49)56)43(60)51-28(4)47-62-37-24-33-23-36(45(33,5)6)46(37,7)63-47/h14-21,26-28,33-37,39,55H,8-13,22-25,48H2,1-7H3,(H2,49,56)(H,50,61)(H,51,60)(H,52,58)(H,53,57)(H,54,59)/t26-,27?,28-,33-,34-,35-,36-,37?,39-,46-/m0/s1. The van der Waals surface area contributed by atoms with Crippen LogP contribution in [0.4, 0.5) is 0 Å². The largest absolute Gasteiger partial charge is 0.481 e. The van der Waals surface area contributed by atoms with Crippen molar-refractivity contribution >= 4 is 42.6 Å². The Kier molecular flexibility index (Phi) is 16.6. The van der Waals surface area contributed by atoms with Gasteiger partial charge < -0.3 is 52.5 Å². The lowest BCUT2D eigenvalue weighted by Gasteiger charge is -2.64. The zero-order valence-electron chi connectivity index (χ0n) is 37.8. The van der Waals surface area contributed by atoms with E-state index in [1.54, 1.807) is 19.1 Å². The van der Waals surface area contributed by atoms with Gasteiger partial charge in [-0.05, 0) is 125 Å². The summed E-state index contributed by atoms with van der Waals surface area (Å²) in [6, 6.07) is 10.0. The molecule has 2 aromatic carbocycles. The van der Waals surface area contributed by atoms with Crippen LogP contribution in [0.2, 0.25) is 0 Å². The summed E-state index contributed by atoms with van der Waals surface area (Å²) in [5.74, 6) is -4.32. The molecule has 63 heavy (non-hydrogen) atoms. The van der Waals surface area contributed by atoms with Crippen LogP contribution in [-0.2, 0) is 39.7 Å². The molecule has 2 unspecified atom stereocenters. The fraction of sp³-hybridized carbons (Fsp3) is 0.609. The van der Waals surface area contributed by atoms with Crippen LogP contribution >= 0.6 is 0 Å². The lowest BCUT2D eigenvalue weighted by molar-refractivity contribution is -0.199. The van der Waals surface area contributed by atoms with E-state index in [9.17, 15) is 33.9 Å². The van der Waals surface area contributed by atoms with E-state index < -0.39 is 90.8 Å². The van der Waals surface area contributed by atoms with Crippen molar-refractivity contribution in [1.82, 2.24) is 26.6 Å². The summed E-state index contributed by atoms with van der Waals surface area (Å²) in [5.41, 5.74) is 14.3. The van der Waals surface area contributed by atoms with Gasteiger partial charge in [0.1, 0.15) is 24.2 Å². The lowest BCUT2D eigenvalue weighted by atomic mass is 9.43. The first-order chi connectivity index (χ1) is 29.8. The van der Waals surface area contributed by atoms with Crippen LogP contribution in [-0.4, -0.2) is 102 Å². The lowest BCUT2D eigenvalue weighted by Crippen LogP contribution is -2.65. The Labute approximate surface area is 371 Å². The molecule has 2 bridgehead atoms. The second kappa shape index (κ2) is 21.2. The predicted octanol–water partition coefficient (Wildman–Crippen LogP) is 2.43. The number of hydrogen-bond donors (Lipinski definition) is 8. The normalized spacial score (nSPS) is 23.6. The average Bonchev–Trinajstić information content (AvgIpc) is 3.61. The minimum absolute atomic E-state index is 0.118. The fourth-order valence-electron chi connectivity index (χ4n) is 9.30. The van der Waals surface area contributed by atoms with Gasteiger partial charge in [0.2, 0.25) is 29.5 Å². The number of carbonyl (C=O) groups excluding carboxylic acids is 6. The van der Waals surface area contributed by atoms with Gasteiger partial charge >= 0.3 is 7.12 Å². The summed E-state index contributed by atoms with van der Waals surface area (Å²) in [6.07, 6.45) is 4.37. The molecule has 4 aliphatic rings. The minimum atomic E-state index is -1.53. The summed E-state index contributed by atoms with van der Waals surface area (Å²) in [6.45, 7) is 13.4. The molecule has 1 aliphatic heterocycles. The van der Waals surface area contributed by atoms with Crippen molar-refractivity contribution in [1.29, 1.82) is 0 Å². The van der Waals surface area contributed by atoms with E-state index in [1.165, 1.54) is 19.4 Å². The Bertz CT molecular complexity index is 1950. The van der Waals surface area contributed by atoms with Gasteiger partial charge in [-0.15, -0.1) is 0 Å². The molecule has 6 amide bonds. The molecule has 0 aromatic heterocycles. The van der Waals surface area contributed by atoms with E-state index >= 15 is 0 Å². The molecule has 0 spiro atoms.